The van der Waals surface area contributed by atoms with Gasteiger partial charge in [-0.3, -0.25) is 0 Å². The van der Waals surface area contributed by atoms with Crippen LogP contribution in [0, 0.1) is 5.82 Å². The van der Waals surface area contributed by atoms with E-state index in [1.165, 1.54) is 17.9 Å². The molecule has 18 heavy (non-hydrogen) atoms. The monoisotopic (exact) mass is 284 g/mol. The Morgan fingerprint density at radius 3 is 3.11 bits per heavy atom. The van der Waals surface area contributed by atoms with Gasteiger partial charge in [0.15, 0.2) is 0 Å². The zero-order chi connectivity index (χ0) is 12.5. The number of fused-ring (bicyclic) bond motifs is 1. The molecule has 1 fully saturated rings. The average molecular weight is 285 g/mol. The van der Waals surface area contributed by atoms with Gasteiger partial charge in [-0.2, -0.15) is 11.8 Å². The Morgan fingerprint density at radius 2 is 2.39 bits per heavy atom. The number of hydrogen-bond donors (Lipinski definition) is 0. The zero-order valence-corrected chi connectivity index (χ0v) is 11.5. The highest BCUT2D eigenvalue weighted by Crippen LogP contribution is 2.32. The Kier molecular flexibility index (Phi) is 3.48. The van der Waals surface area contributed by atoms with E-state index >= 15 is 0 Å². The van der Waals surface area contributed by atoms with Crippen molar-refractivity contribution >= 4 is 34.4 Å². The molecular weight excluding hydrogens is 271 g/mol. The maximum atomic E-state index is 13.3. The van der Waals surface area contributed by atoms with Crippen LogP contribution in [0.2, 0.25) is 0 Å². The number of thioether (sulfide) groups is 1. The third kappa shape index (κ3) is 2.12. The molecule has 0 bridgehead atoms. The number of rotatable bonds is 3. The van der Waals surface area contributed by atoms with Crippen LogP contribution in [0.4, 0.5) is 4.39 Å². The normalized spacial score (nSPS) is 19.8. The Labute approximate surface area is 115 Å². The van der Waals surface area contributed by atoms with Crippen molar-refractivity contribution in [1.82, 2.24) is 9.55 Å². The second kappa shape index (κ2) is 5.10. The molecule has 96 valence electrons. The quantitative estimate of drug-likeness (QED) is 0.801. The van der Waals surface area contributed by atoms with Crippen LogP contribution < -0.4 is 0 Å². The summed E-state index contributed by atoms with van der Waals surface area (Å²) in [6.07, 6.45) is 1.89. The summed E-state index contributed by atoms with van der Waals surface area (Å²) in [5, 5.41) is 0. The van der Waals surface area contributed by atoms with Gasteiger partial charge in [0.2, 0.25) is 0 Å². The number of alkyl halides is 1. The Morgan fingerprint density at radius 1 is 1.50 bits per heavy atom. The first-order valence-corrected chi connectivity index (χ1v) is 7.78. The van der Waals surface area contributed by atoms with Gasteiger partial charge in [-0.1, -0.05) is 0 Å². The van der Waals surface area contributed by atoms with Crippen LogP contribution in [0.15, 0.2) is 18.2 Å². The fourth-order valence-electron chi connectivity index (χ4n) is 2.52. The van der Waals surface area contributed by atoms with Gasteiger partial charge in [-0.15, -0.1) is 11.6 Å². The summed E-state index contributed by atoms with van der Waals surface area (Å²) in [6.45, 7) is 0. The highest BCUT2D eigenvalue weighted by Gasteiger charge is 2.22. The van der Waals surface area contributed by atoms with Gasteiger partial charge in [0, 0.05) is 30.2 Å². The van der Waals surface area contributed by atoms with Crippen molar-refractivity contribution in [1.29, 1.82) is 0 Å². The number of aryl methyl sites for hydroxylation is 1. The van der Waals surface area contributed by atoms with Crippen LogP contribution in [0.5, 0.6) is 0 Å². The van der Waals surface area contributed by atoms with Crippen molar-refractivity contribution in [3.63, 3.8) is 0 Å². The van der Waals surface area contributed by atoms with Gasteiger partial charge >= 0.3 is 0 Å². The predicted molar refractivity (Wildman–Crippen MR) is 75.1 cm³/mol. The van der Waals surface area contributed by atoms with Crippen molar-refractivity contribution in [3.05, 3.63) is 29.8 Å². The topological polar surface area (TPSA) is 17.8 Å². The van der Waals surface area contributed by atoms with Gasteiger partial charge in [0.25, 0.3) is 0 Å². The molecule has 5 heteroatoms. The molecule has 0 radical (unpaired) electrons. The first-order valence-electron chi connectivity index (χ1n) is 6.09. The van der Waals surface area contributed by atoms with E-state index in [2.05, 4.69) is 9.55 Å². The van der Waals surface area contributed by atoms with Crippen LogP contribution >= 0.6 is 23.4 Å². The van der Waals surface area contributed by atoms with Crippen LogP contribution in [0.1, 0.15) is 18.3 Å². The van der Waals surface area contributed by atoms with E-state index in [0.717, 1.165) is 35.5 Å². The lowest BCUT2D eigenvalue weighted by Crippen LogP contribution is -2.12. The lowest BCUT2D eigenvalue weighted by Gasteiger charge is -2.15. The van der Waals surface area contributed by atoms with Gasteiger partial charge in [0.05, 0.1) is 11.0 Å². The molecule has 1 aromatic carbocycles. The van der Waals surface area contributed by atoms with Crippen molar-refractivity contribution in [3.8, 4) is 0 Å². The van der Waals surface area contributed by atoms with Gasteiger partial charge in [0.1, 0.15) is 11.6 Å². The molecule has 1 aromatic heterocycles. The third-order valence-electron chi connectivity index (χ3n) is 3.31. The lowest BCUT2D eigenvalue weighted by molar-refractivity contribution is 0.552. The molecule has 0 spiro atoms. The van der Waals surface area contributed by atoms with Crippen molar-refractivity contribution in [2.75, 3.05) is 17.4 Å². The van der Waals surface area contributed by atoms with Crippen molar-refractivity contribution in [2.45, 2.75) is 18.9 Å². The summed E-state index contributed by atoms with van der Waals surface area (Å²) in [6, 6.07) is 5.32. The van der Waals surface area contributed by atoms with Crippen molar-refractivity contribution < 1.29 is 4.39 Å². The predicted octanol–water partition coefficient (Wildman–Crippen LogP) is 3.63. The number of aromatic nitrogens is 2. The van der Waals surface area contributed by atoms with Gasteiger partial charge < -0.3 is 4.57 Å². The number of halogens is 2. The number of nitrogens with zero attached hydrogens (tertiary/aromatic N) is 2. The van der Waals surface area contributed by atoms with Crippen LogP contribution in [0.25, 0.3) is 11.0 Å². The molecule has 3 rings (SSSR count). The minimum Gasteiger partial charge on any atom is -0.324 e. The molecule has 0 saturated carbocycles. The summed E-state index contributed by atoms with van der Waals surface area (Å²) >= 11 is 7.80. The van der Waals surface area contributed by atoms with E-state index in [4.69, 9.17) is 11.6 Å². The first-order chi connectivity index (χ1) is 8.79. The van der Waals surface area contributed by atoms with Gasteiger partial charge in [-0.05, 0) is 24.3 Å². The second-order valence-corrected chi connectivity index (χ2v) is 6.02. The Hall–Kier alpha value is -0.740. The largest absolute Gasteiger partial charge is 0.324 e. The standard InChI is InChI=1S/C13H14ClFN2S/c14-5-3-13-16-11-7-9(15)1-2-12(11)17(13)10-4-6-18-8-10/h1-2,7,10H,3-6,8H2. The van der Waals surface area contributed by atoms with Crippen LogP contribution in [-0.2, 0) is 6.42 Å². The van der Waals surface area contributed by atoms with Crippen LogP contribution in [-0.4, -0.2) is 26.9 Å². The minimum absolute atomic E-state index is 0.231. The van der Waals surface area contributed by atoms with Crippen LogP contribution in [0.3, 0.4) is 0 Å². The number of imidazole rings is 1. The highest BCUT2D eigenvalue weighted by atomic mass is 35.5. The van der Waals surface area contributed by atoms with E-state index in [1.807, 2.05) is 17.8 Å². The van der Waals surface area contributed by atoms with E-state index in [-0.39, 0.29) is 5.82 Å². The number of benzene rings is 1. The molecule has 2 heterocycles. The number of hydrogen-bond acceptors (Lipinski definition) is 2. The Bertz CT molecular complexity index is 563. The zero-order valence-electron chi connectivity index (χ0n) is 9.90. The lowest BCUT2D eigenvalue weighted by atomic mass is 10.2. The van der Waals surface area contributed by atoms with E-state index in [9.17, 15) is 4.39 Å². The maximum absolute atomic E-state index is 13.3. The smallest absolute Gasteiger partial charge is 0.125 e. The van der Waals surface area contributed by atoms with E-state index < -0.39 is 0 Å². The molecular formula is C13H14ClFN2S. The molecule has 2 nitrogen and oxygen atoms in total. The molecule has 0 aliphatic carbocycles. The van der Waals surface area contributed by atoms with E-state index in [1.54, 1.807) is 0 Å². The average Bonchev–Trinajstić information content (AvgIpc) is 2.95. The molecule has 2 aromatic rings. The second-order valence-electron chi connectivity index (χ2n) is 4.49. The molecule has 1 unspecified atom stereocenters. The summed E-state index contributed by atoms with van der Waals surface area (Å²) in [7, 11) is 0. The third-order valence-corrected chi connectivity index (χ3v) is 4.65. The van der Waals surface area contributed by atoms with Gasteiger partial charge in [-0.25, -0.2) is 9.37 Å². The summed E-state index contributed by atoms with van der Waals surface area (Å²) in [5.74, 6) is 3.60. The molecule has 1 saturated heterocycles. The van der Waals surface area contributed by atoms with Crippen molar-refractivity contribution in [2.24, 2.45) is 0 Å². The molecule has 0 amide bonds. The fourth-order valence-corrected chi connectivity index (χ4v) is 3.88. The van der Waals surface area contributed by atoms with E-state index in [0.29, 0.717) is 11.9 Å². The molecule has 0 N–H and O–H groups in total. The Balaban J connectivity index is 2.14. The summed E-state index contributed by atoms with van der Waals surface area (Å²) < 4.78 is 15.5. The fraction of sp³-hybridized carbons (Fsp3) is 0.462. The molecule has 1 aliphatic heterocycles. The highest BCUT2D eigenvalue weighted by molar-refractivity contribution is 7.99. The molecule has 1 atom stereocenters. The maximum Gasteiger partial charge on any atom is 0.125 e. The summed E-state index contributed by atoms with van der Waals surface area (Å²) in [5.41, 5.74) is 1.77. The first kappa shape index (κ1) is 12.3. The SMILES string of the molecule is Fc1ccc2c(c1)nc(CCCl)n2C1CCSC1. The summed E-state index contributed by atoms with van der Waals surface area (Å²) in [4.78, 5) is 4.54. The minimum atomic E-state index is -0.231. The molecule has 1 aliphatic rings.